The van der Waals surface area contributed by atoms with Crippen molar-refractivity contribution in [2.45, 2.75) is 45.1 Å². The SMILES string of the molecule is CC1CCc2cc(F)ccc2N1C(=O)C1CCC1. The van der Waals surface area contributed by atoms with Crippen molar-refractivity contribution in [1.82, 2.24) is 0 Å². The van der Waals surface area contributed by atoms with Gasteiger partial charge in [0.2, 0.25) is 5.91 Å². The first-order chi connectivity index (χ1) is 8.66. The number of halogens is 1. The van der Waals surface area contributed by atoms with Crippen molar-refractivity contribution in [3.8, 4) is 0 Å². The van der Waals surface area contributed by atoms with Crippen LogP contribution < -0.4 is 4.90 Å². The molecule has 18 heavy (non-hydrogen) atoms. The summed E-state index contributed by atoms with van der Waals surface area (Å²) in [7, 11) is 0. The van der Waals surface area contributed by atoms with Crippen LogP contribution in [0.15, 0.2) is 18.2 Å². The van der Waals surface area contributed by atoms with Gasteiger partial charge in [-0.25, -0.2) is 4.39 Å². The summed E-state index contributed by atoms with van der Waals surface area (Å²) < 4.78 is 13.3. The summed E-state index contributed by atoms with van der Waals surface area (Å²) in [6.07, 6.45) is 4.98. The third-order valence-corrected chi connectivity index (χ3v) is 4.27. The Labute approximate surface area is 107 Å². The first kappa shape index (κ1) is 11.7. The number of carbonyl (C=O) groups excluding carboxylic acids is 1. The van der Waals surface area contributed by atoms with E-state index in [1.165, 1.54) is 6.07 Å². The zero-order valence-corrected chi connectivity index (χ0v) is 10.7. The lowest BCUT2D eigenvalue weighted by Crippen LogP contribution is -2.46. The highest BCUT2D eigenvalue weighted by molar-refractivity contribution is 5.97. The minimum Gasteiger partial charge on any atom is -0.309 e. The van der Waals surface area contributed by atoms with E-state index in [1.54, 1.807) is 12.1 Å². The van der Waals surface area contributed by atoms with Crippen LogP contribution in [-0.4, -0.2) is 11.9 Å². The van der Waals surface area contributed by atoms with Crippen LogP contribution in [0.2, 0.25) is 0 Å². The second-order valence-corrected chi connectivity index (χ2v) is 5.50. The van der Waals surface area contributed by atoms with Crippen molar-refractivity contribution in [3.05, 3.63) is 29.6 Å². The molecule has 1 aromatic rings. The lowest BCUT2D eigenvalue weighted by atomic mass is 9.83. The number of benzene rings is 1. The number of rotatable bonds is 1. The molecule has 0 radical (unpaired) electrons. The molecular weight excluding hydrogens is 229 g/mol. The van der Waals surface area contributed by atoms with E-state index in [0.29, 0.717) is 0 Å². The largest absolute Gasteiger partial charge is 0.309 e. The zero-order valence-electron chi connectivity index (χ0n) is 10.7. The van der Waals surface area contributed by atoms with Gasteiger partial charge < -0.3 is 4.90 Å². The molecule has 0 aromatic heterocycles. The quantitative estimate of drug-likeness (QED) is 0.745. The number of aryl methyl sites for hydroxylation is 1. The summed E-state index contributed by atoms with van der Waals surface area (Å²) in [6, 6.07) is 5.02. The van der Waals surface area contributed by atoms with E-state index in [9.17, 15) is 9.18 Å². The number of nitrogens with zero attached hydrogens (tertiary/aromatic N) is 1. The predicted molar refractivity (Wildman–Crippen MR) is 69.0 cm³/mol. The summed E-state index contributed by atoms with van der Waals surface area (Å²) in [4.78, 5) is 14.4. The average Bonchev–Trinajstić information content (AvgIpc) is 2.26. The van der Waals surface area contributed by atoms with Crippen molar-refractivity contribution >= 4 is 11.6 Å². The fourth-order valence-electron chi connectivity index (χ4n) is 2.91. The third kappa shape index (κ3) is 1.82. The number of hydrogen-bond acceptors (Lipinski definition) is 1. The van der Waals surface area contributed by atoms with Crippen LogP contribution in [0, 0.1) is 11.7 Å². The molecule has 2 aliphatic rings. The summed E-state index contributed by atoms with van der Waals surface area (Å²) in [5.74, 6) is 0.226. The zero-order chi connectivity index (χ0) is 12.7. The topological polar surface area (TPSA) is 20.3 Å². The minimum absolute atomic E-state index is 0.198. The van der Waals surface area contributed by atoms with Gasteiger partial charge >= 0.3 is 0 Å². The van der Waals surface area contributed by atoms with E-state index in [0.717, 1.165) is 43.4 Å². The van der Waals surface area contributed by atoms with Crippen molar-refractivity contribution in [2.24, 2.45) is 5.92 Å². The molecule has 0 bridgehead atoms. The van der Waals surface area contributed by atoms with Gasteiger partial charge in [0.1, 0.15) is 5.82 Å². The minimum atomic E-state index is -0.209. The molecule has 1 aliphatic carbocycles. The van der Waals surface area contributed by atoms with Crippen molar-refractivity contribution in [2.75, 3.05) is 4.90 Å². The highest BCUT2D eigenvalue weighted by Gasteiger charge is 2.35. The monoisotopic (exact) mass is 247 g/mol. The summed E-state index contributed by atoms with van der Waals surface area (Å²) in [5.41, 5.74) is 1.90. The molecular formula is C15H18FNO. The van der Waals surface area contributed by atoms with Crippen molar-refractivity contribution in [3.63, 3.8) is 0 Å². The number of carbonyl (C=O) groups is 1. The lowest BCUT2D eigenvalue weighted by Gasteiger charge is -2.39. The predicted octanol–water partition coefficient (Wildman–Crippen LogP) is 3.29. The molecule has 1 saturated carbocycles. The summed E-state index contributed by atoms with van der Waals surface area (Å²) >= 11 is 0. The van der Waals surface area contributed by atoms with E-state index in [-0.39, 0.29) is 23.7 Å². The van der Waals surface area contributed by atoms with Crippen LogP contribution in [0.4, 0.5) is 10.1 Å². The molecule has 1 heterocycles. The summed E-state index contributed by atoms with van der Waals surface area (Å²) in [5, 5.41) is 0. The molecule has 1 fully saturated rings. The maximum Gasteiger partial charge on any atom is 0.230 e. The van der Waals surface area contributed by atoms with Crippen molar-refractivity contribution < 1.29 is 9.18 Å². The fraction of sp³-hybridized carbons (Fsp3) is 0.533. The molecule has 1 unspecified atom stereocenters. The van der Waals surface area contributed by atoms with Crippen LogP contribution in [0.3, 0.4) is 0 Å². The van der Waals surface area contributed by atoms with Gasteiger partial charge in [-0.3, -0.25) is 4.79 Å². The molecule has 96 valence electrons. The van der Waals surface area contributed by atoms with Gasteiger partial charge in [-0.15, -0.1) is 0 Å². The van der Waals surface area contributed by atoms with Crippen molar-refractivity contribution in [1.29, 1.82) is 0 Å². The smallest absolute Gasteiger partial charge is 0.230 e. The Bertz CT molecular complexity index is 481. The van der Waals surface area contributed by atoms with Crippen LogP contribution in [0.1, 0.15) is 38.2 Å². The lowest BCUT2D eigenvalue weighted by molar-refractivity contribution is -0.125. The molecule has 1 aromatic carbocycles. The maximum atomic E-state index is 13.3. The first-order valence-corrected chi connectivity index (χ1v) is 6.78. The number of fused-ring (bicyclic) bond motifs is 1. The second kappa shape index (κ2) is 4.38. The molecule has 1 atom stereocenters. The fourth-order valence-corrected chi connectivity index (χ4v) is 2.91. The van der Waals surface area contributed by atoms with Gasteiger partial charge in [0, 0.05) is 17.6 Å². The van der Waals surface area contributed by atoms with Gasteiger partial charge in [-0.05, 0) is 56.4 Å². The number of anilines is 1. The number of amides is 1. The standard InChI is InChI=1S/C15H18FNO/c1-10-5-6-12-9-13(16)7-8-14(12)17(10)15(18)11-3-2-4-11/h7-11H,2-6H2,1H3. The third-order valence-electron chi connectivity index (χ3n) is 4.27. The van der Waals surface area contributed by atoms with Crippen LogP contribution in [0.5, 0.6) is 0 Å². The van der Waals surface area contributed by atoms with Gasteiger partial charge in [-0.1, -0.05) is 6.42 Å². The van der Waals surface area contributed by atoms with Crippen LogP contribution >= 0.6 is 0 Å². The molecule has 1 aliphatic heterocycles. The number of hydrogen-bond donors (Lipinski definition) is 0. The molecule has 2 nitrogen and oxygen atoms in total. The molecule has 0 saturated heterocycles. The van der Waals surface area contributed by atoms with E-state index in [1.807, 2.05) is 4.90 Å². The molecule has 1 amide bonds. The first-order valence-electron chi connectivity index (χ1n) is 6.78. The van der Waals surface area contributed by atoms with E-state index in [2.05, 4.69) is 6.92 Å². The Hall–Kier alpha value is -1.38. The highest BCUT2D eigenvalue weighted by Crippen LogP contribution is 2.36. The average molecular weight is 247 g/mol. The highest BCUT2D eigenvalue weighted by atomic mass is 19.1. The van der Waals surface area contributed by atoms with Crippen LogP contribution in [-0.2, 0) is 11.2 Å². The van der Waals surface area contributed by atoms with Crippen LogP contribution in [0.25, 0.3) is 0 Å². The summed E-state index contributed by atoms with van der Waals surface area (Å²) in [6.45, 7) is 2.09. The Morgan fingerprint density at radius 3 is 2.78 bits per heavy atom. The molecule has 3 rings (SSSR count). The maximum absolute atomic E-state index is 13.3. The Kier molecular flexibility index (Phi) is 2.84. The normalized spacial score (nSPS) is 23.4. The Balaban J connectivity index is 1.95. The van der Waals surface area contributed by atoms with E-state index >= 15 is 0 Å². The Morgan fingerprint density at radius 1 is 1.33 bits per heavy atom. The van der Waals surface area contributed by atoms with E-state index in [4.69, 9.17) is 0 Å². The molecule has 3 heteroatoms. The van der Waals surface area contributed by atoms with Gasteiger partial charge in [0.15, 0.2) is 0 Å². The van der Waals surface area contributed by atoms with Gasteiger partial charge in [0.25, 0.3) is 0 Å². The van der Waals surface area contributed by atoms with Gasteiger partial charge in [-0.2, -0.15) is 0 Å². The Morgan fingerprint density at radius 2 is 2.11 bits per heavy atom. The van der Waals surface area contributed by atoms with E-state index < -0.39 is 0 Å². The van der Waals surface area contributed by atoms with Gasteiger partial charge in [0.05, 0.1) is 0 Å². The second-order valence-electron chi connectivity index (χ2n) is 5.50. The molecule has 0 spiro atoms. The molecule has 0 N–H and O–H groups in total.